The Hall–Kier alpha value is -1.37. The molecular formula is C14H16N2O2S2. The van der Waals surface area contributed by atoms with Gasteiger partial charge in [-0.3, -0.25) is 9.78 Å². The molecule has 2 aromatic rings. The van der Waals surface area contributed by atoms with Gasteiger partial charge in [0.25, 0.3) is 0 Å². The van der Waals surface area contributed by atoms with Crippen molar-refractivity contribution in [3.63, 3.8) is 0 Å². The molecular weight excluding hydrogens is 292 g/mol. The van der Waals surface area contributed by atoms with Crippen LogP contribution in [0.3, 0.4) is 0 Å². The molecule has 0 spiro atoms. The van der Waals surface area contributed by atoms with E-state index in [9.17, 15) is 9.90 Å². The number of nitrogens with zero attached hydrogens (tertiary/aromatic N) is 1. The van der Waals surface area contributed by atoms with Gasteiger partial charge < -0.3 is 10.4 Å². The fourth-order valence-corrected chi connectivity index (χ4v) is 3.05. The Balaban J connectivity index is 1.63. The van der Waals surface area contributed by atoms with Crippen LogP contribution >= 0.6 is 23.1 Å². The van der Waals surface area contributed by atoms with Gasteiger partial charge >= 0.3 is 0 Å². The summed E-state index contributed by atoms with van der Waals surface area (Å²) < 4.78 is 0. The molecule has 1 unspecified atom stereocenters. The van der Waals surface area contributed by atoms with Crippen LogP contribution in [-0.2, 0) is 10.5 Å². The number of aliphatic hydroxyl groups is 1. The first-order valence-corrected chi connectivity index (χ1v) is 8.30. The Labute approximate surface area is 126 Å². The highest BCUT2D eigenvalue weighted by atomic mass is 32.2. The van der Waals surface area contributed by atoms with Crippen molar-refractivity contribution < 1.29 is 9.90 Å². The first kappa shape index (κ1) is 15.0. The smallest absolute Gasteiger partial charge is 0.230 e. The number of thioether (sulfide) groups is 1. The molecule has 2 rings (SSSR count). The van der Waals surface area contributed by atoms with Crippen LogP contribution < -0.4 is 5.32 Å². The van der Waals surface area contributed by atoms with Crippen LogP contribution in [0.4, 0.5) is 0 Å². The van der Waals surface area contributed by atoms with Crippen molar-refractivity contribution in [3.05, 3.63) is 52.5 Å². The second-order valence-electron chi connectivity index (χ2n) is 4.19. The molecule has 2 heterocycles. The summed E-state index contributed by atoms with van der Waals surface area (Å²) in [5.41, 5.74) is 1.81. The summed E-state index contributed by atoms with van der Waals surface area (Å²) >= 11 is 3.04. The van der Waals surface area contributed by atoms with Gasteiger partial charge in [0.15, 0.2) is 0 Å². The summed E-state index contributed by atoms with van der Waals surface area (Å²) in [7, 11) is 0. The van der Waals surface area contributed by atoms with Crippen LogP contribution in [0, 0.1) is 0 Å². The summed E-state index contributed by atoms with van der Waals surface area (Å²) in [5.74, 6) is 1.01. The fourth-order valence-electron chi connectivity index (χ4n) is 1.58. The third-order valence-electron chi connectivity index (χ3n) is 2.63. The molecule has 2 aromatic heterocycles. The number of nitrogens with one attached hydrogen (secondary N) is 1. The molecule has 6 heteroatoms. The number of hydrogen-bond donors (Lipinski definition) is 2. The van der Waals surface area contributed by atoms with Crippen molar-refractivity contribution in [3.8, 4) is 0 Å². The van der Waals surface area contributed by atoms with Crippen LogP contribution in [0.25, 0.3) is 0 Å². The van der Waals surface area contributed by atoms with E-state index in [-0.39, 0.29) is 12.5 Å². The molecule has 0 radical (unpaired) electrons. The summed E-state index contributed by atoms with van der Waals surface area (Å²) in [5, 5.41) is 16.4. The Bertz CT molecular complexity index is 517. The van der Waals surface area contributed by atoms with Gasteiger partial charge in [0.1, 0.15) is 0 Å². The van der Waals surface area contributed by atoms with Crippen LogP contribution in [0.1, 0.15) is 17.4 Å². The minimum Gasteiger partial charge on any atom is -0.387 e. The molecule has 2 N–H and O–H groups in total. The Kier molecular flexibility index (Phi) is 6.04. The molecule has 0 aliphatic heterocycles. The maximum Gasteiger partial charge on any atom is 0.230 e. The van der Waals surface area contributed by atoms with Gasteiger partial charge in [-0.05, 0) is 34.5 Å². The number of thiophene rings is 1. The van der Waals surface area contributed by atoms with Crippen molar-refractivity contribution >= 4 is 29.0 Å². The van der Waals surface area contributed by atoms with Crippen LogP contribution in [-0.4, -0.2) is 28.3 Å². The lowest BCUT2D eigenvalue weighted by atomic mass is 10.2. The fraction of sp³-hybridized carbons (Fsp3) is 0.286. The first-order chi connectivity index (χ1) is 9.75. The zero-order valence-electron chi connectivity index (χ0n) is 10.9. The monoisotopic (exact) mass is 308 g/mol. The second kappa shape index (κ2) is 8.04. The van der Waals surface area contributed by atoms with Gasteiger partial charge in [-0.25, -0.2) is 0 Å². The predicted octanol–water partition coefficient (Wildman–Crippen LogP) is 2.23. The Morgan fingerprint density at radius 1 is 1.45 bits per heavy atom. The average Bonchev–Trinajstić information content (AvgIpc) is 3.00. The van der Waals surface area contributed by atoms with Crippen LogP contribution in [0.5, 0.6) is 0 Å². The first-order valence-electron chi connectivity index (χ1n) is 6.20. The van der Waals surface area contributed by atoms with Crippen molar-refractivity contribution in [1.29, 1.82) is 0 Å². The number of hydrogen-bond acceptors (Lipinski definition) is 5. The summed E-state index contributed by atoms with van der Waals surface area (Å²) in [6.07, 6.45) is 1.11. The molecule has 0 aliphatic rings. The van der Waals surface area contributed by atoms with Gasteiger partial charge in [0.2, 0.25) is 5.91 Å². The van der Waals surface area contributed by atoms with Crippen molar-refractivity contribution in [2.24, 2.45) is 0 Å². The van der Waals surface area contributed by atoms with Gasteiger partial charge in [-0.1, -0.05) is 6.07 Å². The molecule has 4 nitrogen and oxygen atoms in total. The third kappa shape index (κ3) is 4.96. The number of aromatic nitrogens is 1. The molecule has 20 heavy (non-hydrogen) atoms. The van der Waals surface area contributed by atoms with Crippen molar-refractivity contribution in [2.45, 2.75) is 11.9 Å². The number of pyridine rings is 1. The predicted molar refractivity (Wildman–Crippen MR) is 82.7 cm³/mol. The lowest BCUT2D eigenvalue weighted by molar-refractivity contribution is -0.119. The minimum atomic E-state index is -0.633. The highest BCUT2D eigenvalue weighted by Gasteiger charge is 2.09. The van der Waals surface area contributed by atoms with E-state index in [0.717, 1.165) is 11.3 Å². The number of rotatable bonds is 7. The maximum atomic E-state index is 11.6. The largest absolute Gasteiger partial charge is 0.387 e. The van der Waals surface area contributed by atoms with Crippen molar-refractivity contribution in [2.75, 3.05) is 12.3 Å². The van der Waals surface area contributed by atoms with E-state index in [0.29, 0.717) is 11.5 Å². The highest BCUT2D eigenvalue weighted by molar-refractivity contribution is 7.99. The molecule has 1 amide bonds. The van der Waals surface area contributed by atoms with Gasteiger partial charge in [0.05, 0.1) is 17.6 Å². The average molecular weight is 308 g/mol. The normalized spacial score (nSPS) is 12.1. The Morgan fingerprint density at radius 2 is 2.35 bits per heavy atom. The summed E-state index contributed by atoms with van der Waals surface area (Å²) in [6.45, 7) is 0.250. The van der Waals surface area contributed by atoms with Gasteiger partial charge in [0, 0.05) is 18.5 Å². The standard InChI is InChI=1S/C14H16N2O2S2/c17-13(11-4-6-19-8-11)7-16-14(18)10-20-9-12-3-1-2-5-15-12/h1-6,8,13,17H,7,9-10H2,(H,16,18). The van der Waals surface area contributed by atoms with E-state index < -0.39 is 6.10 Å². The lowest BCUT2D eigenvalue weighted by Crippen LogP contribution is -2.29. The van der Waals surface area contributed by atoms with Gasteiger partial charge in [-0.2, -0.15) is 11.3 Å². The van der Waals surface area contributed by atoms with Gasteiger partial charge in [-0.15, -0.1) is 11.8 Å². The third-order valence-corrected chi connectivity index (χ3v) is 4.30. The zero-order chi connectivity index (χ0) is 14.2. The number of aliphatic hydroxyl groups excluding tert-OH is 1. The lowest BCUT2D eigenvalue weighted by Gasteiger charge is -2.10. The second-order valence-corrected chi connectivity index (χ2v) is 5.96. The minimum absolute atomic E-state index is 0.0692. The SMILES string of the molecule is O=C(CSCc1ccccn1)NCC(O)c1ccsc1. The van der Waals surface area contributed by atoms with Crippen LogP contribution in [0.2, 0.25) is 0 Å². The summed E-state index contributed by atoms with van der Waals surface area (Å²) in [4.78, 5) is 15.8. The molecule has 0 fully saturated rings. The van der Waals surface area contributed by atoms with E-state index in [1.54, 1.807) is 6.20 Å². The highest BCUT2D eigenvalue weighted by Crippen LogP contribution is 2.15. The van der Waals surface area contributed by atoms with E-state index >= 15 is 0 Å². The molecule has 0 aromatic carbocycles. The van der Waals surface area contributed by atoms with E-state index in [2.05, 4.69) is 10.3 Å². The molecule has 0 saturated carbocycles. The summed E-state index contributed by atoms with van der Waals surface area (Å²) in [6, 6.07) is 7.59. The molecule has 1 atom stereocenters. The van der Waals surface area contributed by atoms with E-state index in [1.807, 2.05) is 35.0 Å². The topological polar surface area (TPSA) is 62.2 Å². The van der Waals surface area contributed by atoms with Crippen molar-refractivity contribution in [1.82, 2.24) is 10.3 Å². The zero-order valence-corrected chi connectivity index (χ0v) is 12.5. The quantitative estimate of drug-likeness (QED) is 0.823. The number of amides is 1. The number of carbonyl (C=O) groups is 1. The number of carbonyl (C=O) groups excluding carboxylic acids is 1. The molecule has 0 bridgehead atoms. The van der Waals surface area contributed by atoms with E-state index in [1.165, 1.54) is 23.1 Å². The molecule has 0 saturated heterocycles. The molecule has 0 aliphatic carbocycles. The molecule has 106 valence electrons. The Morgan fingerprint density at radius 3 is 3.05 bits per heavy atom. The van der Waals surface area contributed by atoms with E-state index in [4.69, 9.17) is 0 Å². The maximum absolute atomic E-state index is 11.6. The van der Waals surface area contributed by atoms with Crippen LogP contribution in [0.15, 0.2) is 41.2 Å².